The number of halogens is 3. The minimum atomic E-state index is -4.62. The van der Waals surface area contributed by atoms with Gasteiger partial charge in [0.25, 0.3) is 0 Å². The molecule has 0 bridgehead atoms. The zero-order valence-corrected chi connectivity index (χ0v) is 11.6. The molecule has 2 rings (SSSR count). The number of morpholine rings is 1. The summed E-state index contributed by atoms with van der Waals surface area (Å²) in [6, 6.07) is 1.62. The molecule has 1 aromatic heterocycles. The molecule has 1 saturated heterocycles. The zero-order valence-electron chi connectivity index (χ0n) is 11.6. The van der Waals surface area contributed by atoms with E-state index in [1.54, 1.807) is 18.7 Å². The monoisotopic (exact) mass is 304 g/mol. The van der Waals surface area contributed by atoms with E-state index >= 15 is 0 Å². The summed E-state index contributed by atoms with van der Waals surface area (Å²) >= 11 is 0. The number of anilines is 1. The van der Waals surface area contributed by atoms with Crippen LogP contribution in [0.15, 0.2) is 12.1 Å². The van der Waals surface area contributed by atoms with Crippen LogP contribution in [0.3, 0.4) is 0 Å². The molecule has 116 valence electrons. The van der Waals surface area contributed by atoms with Crippen molar-refractivity contribution < 1.29 is 27.8 Å². The second-order valence-electron chi connectivity index (χ2n) is 5.39. The summed E-state index contributed by atoms with van der Waals surface area (Å²) in [7, 11) is 0. The maximum Gasteiger partial charge on any atom is 0.433 e. The van der Waals surface area contributed by atoms with E-state index in [-0.39, 0.29) is 24.5 Å². The van der Waals surface area contributed by atoms with Gasteiger partial charge in [0.1, 0.15) is 17.1 Å². The van der Waals surface area contributed by atoms with Crippen molar-refractivity contribution in [1.82, 2.24) is 4.98 Å². The molecule has 0 saturated carbocycles. The summed E-state index contributed by atoms with van der Waals surface area (Å²) in [5.41, 5.74) is -2.00. The number of alkyl halides is 3. The maximum absolute atomic E-state index is 12.8. The van der Waals surface area contributed by atoms with Gasteiger partial charge in [-0.2, -0.15) is 13.2 Å². The molecular formula is C13H15F3N2O3. The number of hydrogen-bond donors (Lipinski definition) is 1. The smallest absolute Gasteiger partial charge is 0.433 e. The topological polar surface area (TPSA) is 62.7 Å². The lowest BCUT2D eigenvalue weighted by Crippen LogP contribution is -2.54. The summed E-state index contributed by atoms with van der Waals surface area (Å²) < 4.78 is 43.7. The van der Waals surface area contributed by atoms with Crippen LogP contribution < -0.4 is 4.90 Å². The van der Waals surface area contributed by atoms with Crippen LogP contribution in [0, 0.1) is 0 Å². The van der Waals surface area contributed by atoms with Crippen LogP contribution in [0.2, 0.25) is 0 Å². The predicted molar refractivity (Wildman–Crippen MR) is 68.4 cm³/mol. The molecule has 5 nitrogen and oxygen atoms in total. The minimum Gasteiger partial charge on any atom is -0.478 e. The van der Waals surface area contributed by atoms with Gasteiger partial charge in [0.2, 0.25) is 0 Å². The Bertz CT molecular complexity index is 558. The molecule has 0 aromatic carbocycles. The molecule has 8 heteroatoms. The fraction of sp³-hybridized carbons (Fsp3) is 0.538. The Morgan fingerprint density at radius 3 is 2.62 bits per heavy atom. The van der Waals surface area contributed by atoms with Crippen LogP contribution in [0.1, 0.15) is 29.9 Å². The van der Waals surface area contributed by atoms with Crippen LogP contribution in [-0.2, 0) is 10.9 Å². The molecule has 1 aliphatic heterocycles. The van der Waals surface area contributed by atoms with E-state index in [0.717, 1.165) is 6.07 Å². The number of ether oxygens (including phenoxy) is 1. The number of pyridine rings is 1. The molecular weight excluding hydrogens is 289 g/mol. The third-order valence-corrected chi connectivity index (χ3v) is 3.30. The maximum atomic E-state index is 12.8. The first-order valence-electron chi connectivity index (χ1n) is 6.30. The molecule has 0 spiro atoms. The Kier molecular flexibility index (Phi) is 3.83. The molecule has 1 aromatic rings. The van der Waals surface area contributed by atoms with E-state index in [9.17, 15) is 23.1 Å². The van der Waals surface area contributed by atoms with Gasteiger partial charge in [-0.25, -0.2) is 9.78 Å². The van der Waals surface area contributed by atoms with Crippen molar-refractivity contribution in [2.75, 3.05) is 24.7 Å². The quantitative estimate of drug-likeness (QED) is 0.909. The van der Waals surface area contributed by atoms with Gasteiger partial charge in [-0.3, -0.25) is 0 Å². The highest BCUT2D eigenvalue weighted by Gasteiger charge is 2.38. The van der Waals surface area contributed by atoms with Crippen LogP contribution >= 0.6 is 0 Å². The van der Waals surface area contributed by atoms with Gasteiger partial charge in [-0.15, -0.1) is 0 Å². The van der Waals surface area contributed by atoms with Crippen molar-refractivity contribution in [2.45, 2.75) is 25.6 Å². The molecule has 2 heterocycles. The number of carboxylic acid groups (broad SMARTS) is 1. The molecule has 0 unspecified atom stereocenters. The number of carbonyl (C=O) groups is 1. The van der Waals surface area contributed by atoms with E-state index in [2.05, 4.69) is 4.98 Å². The zero-order chi connectivity index (χ0) is 15.8. The molecule has 0 aliphatic carbocycles. The van der Waals surface area contributed by atoms with Crippen LogP contribution in [-0.4, -0.2) is 41.4 Å². The summed E-state index contributed by atoms with van der Waals surface area (Å²) in [4.78, 5) is 16.4. The standard InChI is InChI=1S/C13H15F3N2O3/c1-12(2)7-21-6-5-18(12)10-8(11(19)20)3-4-9(17-10)13(14,15)16/h3-4H,5-7H2,1-2H3,(H,19,20). The van der Waals surface area contributed by atoms with Gasteiger partial charge in [0.05, 0.1) is 18.8 Å². The van der Waals surface area contributed by atoms with Crippen LogP contribution in [0.25, 0.3) is 0 Å². The molecule has 21 heavy (non-hydrogen) atoms. The van der Waals surface area contributed by atoms with Crippen molar-refractivity contribution in [2.24, 2.45) is 0 Å². The van der Waals surface area contributed by atoms with Gasteiger partial charge in [-0.05, 0) is 26.0 Å². The lowest BCUT2D eigenvalue weighted by molar-refractivity contribution is -0.141. The highest BCUT2D eigenvalue weighted by Crippen LogP contribution is 2.33. The molecule has 1 aliphatic rings. The third-order valence-electron chi connectivity index (χ3n) is 3.30. The van der Waals surface area contributed by atoms with Crippen molar-refractivity contribution in [3.8, 4) is 0 Å². The second kappa shape index (κ2) is 5.18. The van der Waals surface area contributed by atoms with E-state index in [1.165, 1.54) is 0 Å². The normalized spacial score (nSPS) is 18.6. The van der Waals surface area contributed by atoms with Gasteiger partial charge < -0.3 is 14.7 Å². The second-order valence-corrected chi connectivity index (χ2v) is 5.39. The first-order chi connectivity index (χ1) is 9.63. The average molecular weight is 304 g/mol. The number of carboxylic acids is 1. The highest BCUT2D eigenvalue weighted by atomic mass is 19.4. The Balaban J connectivity index is 2.55. The van der Waals surface area contributed by atoms with E-state index < -0.39 is 23.4 Å². The van der Waals surface area contributed by atoms with Crippen molar-refractivity contribution in [1.29, 1.82) is 0 Å². The SMILES string of the molecule is CC1(C)COCCN1c1nc(C(F)(F)F)ccc1C(=O)O. The van der Waals surface area contributed by atoms with Gasteiger partial charge >= 0.3 is 12.1 Å². The number of hydrogen-bond acceptors (Lipinski definition) is 4. The number of rotatable bonds is 2. The summed E-state index contributed by atoms with van der Waals surface area (Å²) in [5.74, 6) is -1.49. The first-order valence-corrected chi connectivity index (χ1v) is 6.30. The Labute approximate surface area is 119 Å². The van der Waals surface area contributed by atoms with Crippen molar-refractivity contribution in [3.63, 3.8) is 0 Å². The van der Waals surface area contributed by atoms with Gasteiger partial charge in [-0.1, -0.05) is 0 Å². The van der Waals surface area contributed by atoms with Crippen LogP contribution in [0.4, 0.5) is 19.0 Å². The minimum absolute atomic E-state index is 0.175. The average Bonchev–Trinajstić information content (AvgIpc) is 2.36. The molecule has 1 N–H and O–H groups in total. The molecule has 0 atom stereocenters. The lowest BCUT2D eigenvalue weighted by Gasteiger charge is -2.43. The van der Waals surface area contributed by atoms with Gasteiger partial charge in [0.15, 0.2) is 0 Å². The molecule has 0 amide bonds. The Morgan fingerprint density at radius 2 is 2.10 bits per heavy atom. The van der Waals surface area contributed by atoms with Crippen molar-refractivity contribution >= 4 is 11.8 Å². The Hall–Kier alpha value is -1.83. The number of nitrogens with zero attached hydrogens (tertiary/aromatic N) is 2. The van der Waals surface area contributed by atoms with Crippen LogP contribution in [0.5, 0.6) is 0 Å². The Morgan fingerprint density at radius 1 is 1.43 bits per heavy atom. The van der Waals surface area contributed by atoms with E-state index in [0.29, 0.717) is 12.7 Å². The fourth-order valence-corrected chi connectivity index (χ4v) is 2.23. The molecule has 1 fully saturated rings. The highest BCUT2D eigenvalue weighted by molar-refractivity contribution is 5.93. The lowest BCUT2D eigenvalue weighted by atomic mass is 10.0. The van der Waals surface area contributed by atoms with E-state index in [4.69, 9.17) is 4.74 Å². The first kappa shape index (κ1) is 15.6. The summed E-state index contributed by atoms with van der Waals surface area (Å²) in [5, 5.41) is 9.18. The third kappa shape index (κ3) is 3.10. The largest absolute Gasteiger partial charge is 0.478 e. The summed E-state index contributed by atoms with van der Waals surface area (Å²) in [6.45, 7) is 4.39. The summed E-state index contributed by atoms with van der Waals surface area (Å²) in [6.07, 6.45) is -4.62. The van der Waals surface area contributed by atoms with Crippen molar-refractivity contribution in [3.05, 3.63) is 23.4 Å². The fourth-order valence-electron chi connectivity index (χ4n) is 2.23. The van der Waals surface area contributed by atoms with E-state index in [1.807, 2.05) is 0 Å². The molecule has 0 radical (unpaired) electrons. The predicted octanol–water partition coefficient (Wildman–Crippen LogP) is 2.41. The van der Waals surface area contributed by atoms with Gasteiger partial charge in [0, 0.05) is 6.54 Å². The number of aromatic carboxylic acids is 1. The number of aromatic nitrogens is 1.